The Bertz CT molecular complexity index is 902. The highest BCUT2D eigenvalue weighted by Gasteiger charge is 2.21. The van der Waals surface area contributed by atoms with Gasteiger partial charge in [0.2, 0.25) is 0 Å². The van der Waals surface area contributed by atoms with Crippen LogP contribution in [-0.2, 0) is 16.1 Å². The zero-order valence-electron chi connectivity index (χ0n) is 16.2. The first-order chi connectivity index (χ1) is 13.8. The fraction of sp³-hybridized carbons (Fsp3) is 0.250. The molecule has 0 spiro atoms. The number of nitrogens with one attached hydrogen (secondary N) is 2. The number of carbonyl (C=O) groups is 3. The maximum atomic E-state index is 12.3. The van der Waals surface area contributed by atoms with E-state index in [0.717, 1.165) is 5.56 Å². The van der Waals surface area contributed by atoms with E-state index in [-0.39, 0.29) is 12.2 Å². The van der Waals surface area contributed by atoms with Gasteiger partial charge >= 0.3 is 12.0 Å². The maximum Gasteiger partial charge on any atom is 0.339 e. The second-order valence-electron chi connectivity index (χ2n) is 5.86. The number of halogens is 1. The number of rotatable bonds is 7. The number of hydrogen-bond acceptors (Lipinski definition) is 6. The average Bonchev–Trinajstić information content (AvgIpc) is 2.72. The highest BCUT2D eigenvalue weighted by atomic mass is 35.5. The summed E-state index contributed by atoms with van der Waals surface area (Å²) >= 11 is 6.12. The SMILES string of the molecule is CNC(=O)NC(=O)C(C)OC(=O)c1ccc(OCc2ccccc2Cl)c(OC)c1. The average molecular weight is 421 g/mol. The second-order valence-corrected chi connectivity index (χ2v) is 6.27. The van der Waals surface area contributed by atoms with E-state index >= 15 is 0 Å². The van der Waals surface area contributed by atoms with E-state index in [1.807, 2.05) is 23.5 Å². The molecular weight excluding hydrogens is 400 g/mol. The minimum Gasteiger partial charge on any atom is -0.493 e. The predicted octanol–water partition coefficient (Wildman–Crippen LogP) is 2.93. The van der Waals surface area contributed by atoms with Crippen LogP contribution in [0.15, 0.2) is 42.5 Å². The van der Waals surface area contributed by atoms with Crippen LogP contribution in [0.1, 0.15) is 22.8 Å². The summed E-state index contributed by atoms with van der Waals surface area (Å²) < 4.78 is 16.1. The number of urea groups is 1. The Morgan fingerprint density at radius 3 is 2.48 bits per heavy atom. The van der Waals surface area contributed by atoms with Gasteiger partial charge in [-0.25, -0.2) is 9.59 Å². The van der Waals surface area contributed by atoms with Gasteiger partial charge in [0.1, 0.15) is 6.61 Å². The summed E-state index contributed by atoms with van der Waals surface area (Å²) in [5, 5.41) is 4.85. The lowest BCUT2D eigenvalue weighted by Gasteiger charge is -2.15. The number of hydrogen-bond donors (Lipinski definition) is 2. The molecule has 0 aromatic heterocycles. The normalized spacial score (nSPS) is 11.2. The van der Waals surface area contributed by atoms with Crippen LogP contribution in [0.3, 0.4) is 0 Å². The van der Waals surface area contributed by atoms with Gasteiger partial charge in [-0.05, 0) is 31.2 Å². The first kappa shape index (κ1) is 22.0. The summed E-state index contributed by atoms with van der Waals surface area (Å²) in [5.41, 5.74) is 0.960. The van der Waals surface area contributed by atoms with Crippen LogP contribution in [0.2, 0.25) is 5.02 Å². The Kier molecular flexibility index (Phi) is 7.85. The zero-order chi connectivity index (χ0) is 21.4. The largest absolute Gasteiger partial charge is 0.493 e. The van der Waals surface area contributed by atoms with Crippen molar-refractivity contribution in [3.63, 3.8) is 0 Å². The highest BCUT2D eigenvalue weighted by Crippen LogP contribution is 2.30. The molecular formula is C20H21ClN2O6. The van der Waals surface area contributed by atoms with E-state index in [2.05, 4.69) is 5.32 Å². The molecule has 154 valence electrons. The predicted molar refractivity (Wildman–Crippen MR) is 106 cm³/mol. The number of methoxy groups -OCH3 is 1. The Hall–Kier alpha value is -3.26. The van der Waals surface area contributed by atoms with Gasteiger partial charge in [-0.3, -0.25) is 10.1 Å². The van der Waals surface area contributed by atoms with E-state index in [4.69, 9.17) is 25.8 Å². The van der Waals surface area contributed by atoms with Crippen molar-refractivity contribution >= 4 is 29.5 Å². The number of amides is 3. The van der Waals surface area contributed by atoms with Crippen LogP contribution < -0.4 is 20.1 Å². The van der Waals surface area contributed by atoms with Crippen LogP contribution >= 0.6 is 11.6 Å². The van der Waals surface area contributed by atoms with Gasteiger partial charge in [0.15, 0.2) is 17.6 Å². The molecule has 0 radical (unpaired) electrons. The molecule has 0 heterocycles. The number of imide groups is 1. The summed E-state index contributed by atoms with van der Waals surface area (Å²) in [7, 11) is 2.80. The number of ether oxygens (including phenoxy) is 3. The maximum absolute atomic E-state index is 12.3. The fourth-order valence-electron chi connectivity index (χ4n) is 2.24. The van der Waals surface area contributed by atoms with Crippen LogP contribution in [0.5, 0.6) is 11.5 Å². The second kappa shape index (κ2) is 10.3. The van der Waals surface area contributed by atoms with Crippen molar-refractivity contribution < 1.29 is 28.6 Å². The molecule has 2 N–H and O–H groups in total. The third-order valence-electron chi connectivity index (χ3n) is 3.86. The molecule has 2 rings (SSSR count). The highest BCUT2D eigenvalue weighted by molar-refractivity contribution is 6.31. The van der Waals surface area contributed by atoms with Crippen molar-refractivity contribution in [3.8, 4) is 11.5 Å². The van der Waals surface area contributed by atoms with Gasteiger partial charge in [-0.1, -0.05) is 29.8 Å². The molecule has 9 heteroatoms. The molecule has 0 saturated carbocycles. The molecule has 1 unspecified atom stereocenters. The third kappa shape index (κ3) is 6.11. The van der Waals surface area contributed by atoms with E-state index < -0.39 is 24.0 Å². The van der Waals surface area contributed by atoms with Crippen molar-refractivity contribution in [1.82, 2.24) is 10.6 Å². The standard InChI is InChI=1S/C20H21ClN2O6/c1-12(18(24)23-20(26)22-2)29-19(25)13-8-9-16(17(10-13)27-3)28-11-14-6-4-5-7-15(14)21/h4-10,12H,11H2,1-3H3,(H2,22,23,24,26). The quantitative estimate of drug-likeness (QED) is 0.667. The minimum absolute atomic E-state index is 0.159. The van der Waals surface area contributed by atoms with Crippen LogP contribution in [-0.4, -0.2) is 38.2 Å². The van der Waals surface area contributed by atoms with Gasteiger partial charge in [-0.15, -0.1) is 0 Å². The Labute approximate surface area is 173 Å². The number of carbonyl (C=O) groups excluding carboxylic acids is 3. The molecule has 0 fully saturated rings. The Morgan fingerprint density at radius 1 is 1.10 bits per heavy atom. The molecule has 0 bridgehead atoms. The molecule has 0 aliphatic carbocycles. The molecule has 2 aromatic rings. The molecule has 29 heavy (non-hydrogen) atoms. The fourth-order valence-corrected chi connectivity index (χ4v) is 2.43. The van der Waals surface area contributed by atoms with E-state index in [1.54, 1.807) is 12.1 Å². The minimum atomic E-state index is -1.16. The third-order valence-corrected chi connectivity index (χ3v) is 4.23. The summed E-state index contributed by atoms with van der Waals surface area (Å²) in [4.78, 5) is 35.3. The van der Waals surface area contributed by atoms with E-state index in [9.17, 15) is 14.4 Å². The van der Waals surface area contributed by atoms with Gasteiger partial charge in [0.25, 0.3) is 5.91 Å². The summed E-state index contributed by atoms with van der Waals surface area (Å²) in [6, 6.07) is 11.1. The topological polar surface area (TPSA) is 103 Å². The molecule has 0 aliphatic heterocycles. The van der Waals surface area contributed by atoms with Crippen molar-refractivity contribution in [3.05, 3.63) is 58.6 Å². The summed E-state index contributed by atoms with van der Waals surface area (Å²) in [5.74, 6) is -0.770. The first-order valence-corrected chi connectivity index (χ1v) is 9.01. The lowest BCUT2D eigenvalue weighted by Crippen LogP contribution is -2.43. The van der Waals surface area contributed by atoms with E-state index in [1.165, 1.54) is 33.2 Å². The Morgan fingerprint density at radius 2 is 1.83 bits per heavy atom. The molecule has 0 saturated heterocycles. The van der Waals surface area contributed by atoms with Crippen molar-refractivity contribution in [1.29, 1.82) is 0 Å². The zero-order valence-corrected chi connectivity index (χ0v) is 16.9. The molecule has 0 aliphatic rings. The lowest BCUT2D eigenvalue weighted by molar-refractivity contribution is -0.127. The molecule has 8 nitrogen and oxygen atoms in total. The molecule has 2 aromatic carbocycles. The number of benzene rings is 2. The van der Waals surface area contributed by atoms with Crippen molar-refractivity contribution in [2.45, 2.75) is 19.6 Å². The smallest absolute Gasteiger partial charge is 0.339 e. The monoisotopic (exact) mass is 420 g/mol. The van der Waals surface area contributed by atoms with Crippen LogP contribution in [0, 0.1) is 0 Å². The van der Waals surface area contributed by atoms with Crippen LogP contribution in [0.4, 0.5) is 4.79 Å². The first-order valence-electron chi connectivity index (χ1n) is 8.63. The van der Waals surface area contributed by atoms with Gasteiger partial charge < -0.3 is 19.5 Å². The van der Waals surface area contributed by atoms with E-state index in [0.29, 0.717) is 16.5 Å². The number of esters is 1. The summed E-state index contributed by atoms with van der Waals surface area (Å²) in [6.07, 6.45) is -1.16. The van der Waals surface area contributed by atoms with Crippen molar-refractivity contribution in [2.24, 2.45) is 0 Å². The van der Waals surface area contributed by atoms with Crippen LogP contribution in [0.25, 0.3) is 0 Å². The molecule has 3 amide bonds. The van der Waals surface area contributed by atoms with Gasteiger partial charge in [0.05, 0.1) is 12.7 Å². The molecule has 1 atom stereocenters. The summed E-state index contributed by atoms with van der Waals surface area (Å²) in [6.45, 7) is 1.57. The lowest BCUT2D eigenvalue weighted by atomic mass is 10.2. The van der Waals surface area contributed by atoms with Crippen molar-refractivity contribution in [2.75, 3.05) is 14.2 Å². The Balaban J connectivity index is 2.05. The van der Waals surface area contributed by atoms with Gasteiger partial charge in [-0.2, -0.15) is 0 Å². The van der Waals surface area contributed by atoms with Gasteiger partial charge in [0, 0.05) is 17.6 Å².